The van der Waals surface area contributed by atoms with Gasteiger partial charge in [0.1, 0.15) is 0 Å². The largest absolute Gasteiger partial charge is 4.00 e. The fourth-order valence-corrected chi connectivity index (χ4v) is 7.13. The van der Waals surface area contributed by atoms with E-state index in [-0.39, 0.29) is 38.0 Å². The molecule has 3 nitrogen and oxygen atoms in total. The number of halogens is 9. The van der Waals surface area contributed by atoms with Crippen LogP contribution in [0.1, 0.15) is 20.8 Å². The maximum absolute atomic E-state index is 12.6. The van der Waals surface area contributed by atoms with Crippen molar-refractivity contribution >= 4 is 17.7 Å². The topological polar surface area (TPSA) is 71.4 Å². The van der Waals surface area contributed by atoms with Crippen molar-refractivity contribution in [1.29, 1.82) is 0 Å². The van der Waals surface area contributed by atoms with E-state index in [1.165, 1.54) is 0 Å². The minimum atomic E-state index is -8.38. The second kappa shape index (κ2) is 15.8. The molecule has 1 aromatic carbocycles. The van der Waals surface area contributed by atoms with E-state index in [4.69, 9.17) is 17.2 Å². The summed E-state index contributed by atoms with van der Waals surface area (Å²) in [6.45, 7) is 6.88. The van der Waals surface area contributed by atoms with Gasteiger partial charge in [-0.3, -0.25) is 0 Å². The molecule has 1 aromatic rings. The van der Waals surface area contributed by atoms with Gasteiger partial charge in [-0.1, -0.05) is 20.8 Å². The molecule has 0 aliphatic heterocycles. The molecule has 3 N–H and O–H groups in total. The van der Waals surface area contributed by atoms with Crippen LogP contribution in [0, 0.1) is 0 Å². The first-order valence-electron chi connectivity index (χ1n) is 7.46. The molecular weight excluding hydrogens is 632 g/mol. The molecule has 0 spiro atoms. The molecule has 0 amide bonds. The SMILES string of the molecule is CC[NH-].CC[NH-].CC[NH-].F[C](F)(F)[Ge]([c-]1cccc1)([C](F)(F)F)[C](F)(F)F.[Hf+4]. The van der Waals surface area contributed by atoms with Gasteiger partial charge < -0.3 is 17.2 Å². The van der Waals surface area contributed by atoms with Crippen LogP contribution in [0.5, 0.6) is 0 Å². The number of rotatable bonds is 1. The van der Waals surface area contributed by atoms with Crippen molar-refractivity contribution in [3.05, 3.63) is 41.5 Å². The average molecular weight is 654 g/mol. The Balaban J connectivity index is -0.000000245. The molecule has 0 saturated heterocycles. The van der Waals surface area contributed by atoms with E-state index in [9.17, 15) is 39.5 Å². The fraction of sp³-hybridized carbons (Fsp3) is 0.643. The van der Waals surface area contributed by atoms with Gasteiger partial charge in [0, 0.05) is 0 Å². The molecule has 0 aliphatic rings. The van der Waals surface area contributed by atoms with E-state index >= 15 is 0 Å². The summed E-state index contributed by atoms with van der Waals surface area (Å²) in [5.41, 5.74) is 18.6. The summed E-state index contributed by atoms with van der Waals surface area (Å²) in [5.74, 6) is 0. The summed E-state index contributed by atoms with van der Waals surface area (Å²) in [7, 11) is 0. The van der Waals surface area contributed by atoms with E-state index in [0.717, 1.165) is 12.1 Å². The zero-order valence-electron chi connectivity index (χ0n) is 15.3. The monoisotopic (exact) mass is 657 g/mol. The van der Waals surface area contributed by atoms with Gasteiger partial charge in [-0.05, 0) is 0 Å². The van der Waals surface area contributed by atoms with Gasteiger partial charge in [-0.25, -0.2) is 0 Å². The molecule has 0 atom stereocenters. The number of alkyl halides is 9. The molecule has 0 aliphatic carbocycles. The molecule has 0 unspecified atom stereocenters. The summed E-state index contributed by atoms with van der Waals surface area (Å²) in [6.07, 6.45) is 0. The maximum Gasteiger partial charge on any atom is 4.00 e. The molecule has 0 bridgehead atoms. The summed E-state index contributed by atoms with van der Waals surface area (Å²) < 4.78 is 111. The predicted octanol–water partition coefficient (Wildman–Crippen LogP) is 6.54. The fourth-order valence-electron chi connectivity index (χ4n) is 1.60. The van der Waals surface area contributed by atoms with Crippen molar-refractivity contribution in [2.75, 3.05) is 19.6 Å². The number of hydrogen-bond acceptors (Lipinski definition) is 0. The first-order valence-corrected chi connectivity index (χ1v) is 11.7. The third-order valence-corrected chi connectivity index (χ3v) is 10.2. The third-order valence-electron chi connectivity index (χ3n) is 2.37. The Morgan fingerprint density at radius 2 is 0.821 bits per heavy atom. The van der Waals surface area contributed by atoms with Crippen LogP contribution < -0.4 is 4.40 Å². The second-order valence-electron chi connectivity index (χ2n) is 4.48. The molecule has 14 heteroatoms. The van der Waals surface area contributed by atoms with Crippen LogP contribution in [-0.2, 0) is 25.8 Å². The van der Waals surface area contributed by atoms with Gasteiger partial charge in [-0.15, -0.1) is 0 Å². The average Bonchev–Trinajstić information content (AvgIpc) is 2.90. The number of nitrogens with one attached hydrogen (secondary N) is 3. The van der Waals surface area contributed by atoms with Gasteiger partial charge in [0.15, 0.2) is 0 Å². The van der Waals surface area contributed by atoms with Crippen molar-refractivity contribution in [3.63, 3.8) is 0 Å². The van der Waals surface area contributed by atoms with Gasteiger partial charge in [0.25, 0.3) is 0 Å². The van der Waals surface area contributed by atoms with Crippen LogP contribution in [0.3, 0.4) is 0 Å². The van der Waals surface area contributed by atoms with Crippen LogP contribution >= 0.6 is 0 Å². The van der Waals surface area contributed by atoms with Crippen molar-refractivity contribution < 1.29 is 65.4 Å². The zero-order chi connectivity index (χ0) is 22.5. The summed E-state index contributed by atoms with van der Waals surface area (Å²) in [5, 5.41) is -19.1. The first kappa shape index (κ1) is 35.4. The molecule has 28 heavy (non-hydrogen) atoms. The molecule has 0 aromatic heterocycles. The van der Waals surface area contributed by atoms with Gasteiger partial charge in [0.05, 0.1) is 0 Å². The molecule has 164 valence electrons. The van der Waals surface area contributed by atoms with Gasteiger partial charge in [-0.2, -0.15) is 19.6 Å². The number of hydrogen-bond donors (Lipinski definition) is 0. The minimum absolute atomic E-state index is 0. The van der Waals surface area contributed by atoms with Crippen molar-refractivity contribution in [1.82, 2.24) is 0 Å². The maximum atomic E-state index is 12.6. The van der Waals surface area contributed by atoms with Crippen molar-refractivity contribution in [2.45, 2.75) is 35.8 Å². The Hall–Kier alpha value is 0.0130. The van der Waals surface area contributed by atoms with Crippen LogP contribution in [-0.4, -0.2) is 47.9 Å². The zero-order valence-corrected chi connectivity index (χ0v) is 21.0. The van der Waals surface area contributed by atoms with Crippen LogP contribution in [0.2, 0.25) is 0 Å². The minimum Gasteiger partial charge on any atom is 4.00 e. The molecule has 0 radical (unpaired) electrons. The van der Waals surface area contributed by atoms with Crippen molar-refractivity contribution in [3.8, 4) is 0 Å². The quantitative estimate of drug-likeness (QED) is 0.188. The van der Waals surface area contributed by atoms with E-state index < -0.39 is 32.7 Å². The summed E-state index contributed by atoms with van der Waals surface area (Å²) >= 11 is -8.38. The Kier molecular flexibility index (Phi) is 20.0. The van der Waals surface area contributed by atoms with Crippen molar-refractivity contribution in [2.24, 2.45) is 0 Å². The van der Waals surface area contributed by atoms with E-state index in [0.29, 0.717) is 19.6 Å². The molecule has 0 heterocycles. The Bertz CT molecular complexity index is 419. The predicted molar refractivity (Wildman–Crippen MR) is 90.2 cm³/mol. The summed E-state index contributed by atoms with van der Waals surface area (Å²) in [6, 6.07) is 1.90. The van der Waals surface area contributed by atoms with E-state index in [1.54, 1.807) is 20.8 Å². The van der Waals surface area contributed by atoms with Gasteiger partial charge >= 0.3 is 122 Å². The van der Waals surface area contributed by atoms with Crippen LogP contribution in [0.25, 0.3) is 17.2 Å². The Morgan fingerprint density at radius 3 is 0.964 bits per heavy atom. The molecule has 0 saturated carbocycles. The molecule has 0 fully saturated rings. The molecular formula is C14H22F9GeHfN3. The summed E-state index contributed by atoms with van der Waals surface area (Å²) in [4.78, 5) is 0. The molecule has 1 rings (SSSR count). The van der Waals surface area contributed by atoms with E-state index in [2.05, 4.69) is 0 Å². The Morgan fingerprint density at radius 1 is 0.643 bits per heavy atom. The van der Waals surface area contributed by atoms with Gasteiger partial charge in [0.2, 0.25) is 0 Å². The smallest absolute Gasteiger partial charge is 4.00 e. The van der Waals surface area contributed by atoms with E-state index in [1.807, 2.05) is 0 Å². The second-order valence-corrected chi connectivity index (χ2v) is 12.4. The van der Waals surface area contributed by atoms with Crippen LogP contribution in [0.15, 0.2) is 24.3 Å². The van der Waals surface area contributed by atoms with Crippen LogP contribution in [0.4, 0.5) is 39.5 Å². The Labute approximate surface area is 179 Å². The normalized spacial score (nSPS) is 11.5. The first-order chi connectivity index (χ1) is 12.1. The standard InChI is InChI=1S/C8H4F9Ge.3C2H6N.Hf/c9-6(10,11)18(7(12,13)14,8(15,16)17)5-3-1-2-4-5;3*1-2-3;/h1-4H;3*3H,2H2,1H3;/q4*-1;+4. The third kappa shape index (κ3) is 10.2.